The number of aromatic nitrogens is 4. The molecule has 2 aromatic rings. The van der Waals surface area contributed by atoms with Crippen LogP contribution in [0.3, 0.4) is 0 Å². The molecular formula is C16H18IN5O4. The van der Waals surface area contributed by atoms with Crippen LogP contribution >= 0.6 is 22.6 Å². The normalized spacial score (nSPS) is 11.1. The Morgan fingerprint density at radius 2 is 1.85 bits per heavy atom. The summed E-state index contributed by atoms with van der Waals surface area (Å²) in [6, 6.07) is 5.45. The minimum atomic E-state index is -1.12. The second kappa shape index (κ2) is 8.34. The summed E-state index contributed by atoms with van der Waals surface area (Å²) in [6.45, 7) is 4.76. The third kappa shape index (κ3) is 6.17. The van der Waals surface area contributed by atoms with Gasteiger partial charge in [-0.05, 0) is 67.1 Å². The Balaban J connectivity index is 2.28. The Kier molecular flexibility index (Phi) is 6.40. The van der Waals surface area contributed by atoms with E-state index in [4.69, 9.17) is 9.84 Å². The van der Waals surface area contributed by atoms with E-state index >= 15 is 0 Å². The molecule has 138 valence electrons. The first-order chi connectivity index (χ1) is 12.1. The fraction of sp³-hybridized carbons (Fsp3) is 0.375. The van der Waals surface area contributed by atoms with Crippen molar-refractivity contribution in [1.82, 2.24) is 25.3 Å². The summed E-state index contributed by atoms with van der Waals surface area (Å²) in [4.78, 5) is 24.6. The van der Waals surface area contributed by atoms with E-state index in [9.17, 15) is 9.59 Å². The number of carbonyl (C=O) groups is 2. The highest BCUT2D eigenvalue weighted by molar-refractivity contribution is 14.1. The second-order valence-corrected chi connectivity index (χ2v) is 7.69. The van der Waals surface area contributed by atoms with E-state index in [1.165, 1.54) is 6.33 Å². The molecule has 1 N–H and O–H groups in total. The zero-order chi connectivity index (χ0) is 19.3. The topological polar surface area (TPSA) is 118 Å². The van der Waals surface area contributed by atoms with Gasteiger partial charge in [0.05, 0.1) is 0 Å². The van der Waals surface area contributed by atoms with Gasteiger partial charge in [0.2, 0.25) is 5.82 Å². The van der Waals surface area contributed by atoms with Gasteiger partial charge in [-0.1, -0.05) is 0 Å². The lowest BCUT2D eigenvalue weighted by Crippen LogP contribution is -2.39. The molecule has 0 fully saturated rings. The molecule has 0 radical (unpaired) electrons. The molecule has 1 heterocycles. The number of carboxylic acid groups (broad SMARTS) is 1. The van der Waals surface area contributed by atoms with Crippen molar-refractivity contribution in [3.63, 3.8) is 0 Å². The van der Waals surface area contributed by atoms with Crippen LogP contribution in [0.25, 0.3) is 11.4 Å². The van der Waals surface area contributed by atoms with Crippen LogP contribution < -0.4 is 0 Å². The van der Waals surface area contributed by atoms with Crippen LogP contribution in [-0.2, 0) is 16.1 Å². The van der Waals surface area contributed by atoms with Gasteiger partial charge in [-0.15, -0.1) is 20.4 Å². The fourth-order valence-electron chi connectivity index (χ4n) is 2.09. The van der Waals surface area contributed by atoms with Gasteiger partial charge in [-0.25, -0.2) is 4.79 Å². The molecule has 2 rings (SSSR count). The molecule has 0 atom stereocenters. The Labute approximate surface area is 163 Å². The average molecular weight is 471 g/mol. The minimum Gasteiger partial charge on any atom is -0.480 e. The van der Waals surface area contributed by atoms with Crippen molar-refractivity contribution in [3.05, 3.63) is 33.7 Å². The predicted molar refractivity (Wildman–Crippen MR) is 100 cm³/mol. The zero-order valence-electron chi connectivity index (χ0n) is 14.5. The van der Waals surface area contributed by atoms with Crippen LogP contribution in [0.2, 0.25) is 0 Å². The highest BCUT2D eigenvalue weighted by atomic mass is 127. The highest BCUT2D eigenvalue weighted by Crippen LogP contribution is 2.21. The van der Waals surface area contributed by atoms with Gasteiger partial charge >= 0.3 is 12.1 Å². The van der Waals surface area contributed by atoms with Crippen LogP contribution in [0.15, 0.2) is 24.5 Å². The summed E-state index contributed by atoms with van der Waals surface area (Å²) >= 11 is 2.12. The van der Waals surface area contributed by atoms with Crippen molar-refractivity contribution in [1.29, 1.82) is 0 Å². The summed E-state index contributed by atoms with van der Waals surface area (Å²) < 4.78 is 6.17. The maximum absolute atomic E-state index is 12.3. The number of carboxylic acids is 1. The maximum Gasteiger partial charge on any atom is 0.411 e. The molecule has 0 aliphatic heterocycles. The third-order valence-corrected chi connectivity index (χ3v) is 3.60. The van der Waals surface area contributed by atoms with E-state index in [1.54, 1.807) is 26.8 Å². The summed E-state index contributed by atoms with van der Waals surface area (Å²) in [5, 5.41) is 24.3. The lowest BCUT2D eigenvalue weighted by molar-refractivity contribution is -0.138. The van der Waals surface area contributed by atoms with Crippen molar-refractivity contribution in [2.75, 3.05) is 6.54 Å². The number of rotatable bonds is 5. The molecule has 9 nitrogen and oxygen atoms in total. The molecule has 0 saturated carbocycles. The standard InChI is InChI=1S/C16H18IN5O4/c1-16(2,3)26-15(25)22(8-13(23)24)7-10-4-11(6-12(17)5-10)14-20-18-9-19-21-14/h4-6,9H,7-8H2,1-3H3,(H,23,24). The molecule has 0 unspecified atom stereocenters. The zero-order valence-corrected chi connectivity index (χ0v) is 16.7. The van der Waals surface area contributed by atoms with Gasteiger partial charge in [-0.3, -0.25) is 9.69 Å². The number of nitrogens with zero attached hydrogens (tertiary/aromatic N) is 5. The Hall–Kier alpha value is -2.37. The SMILES string of the molecule is CC(C)(C)OC(=O)N(CC(=O)O)Cc1cc(I)cc(-c2nncnn2)c1. The Morgan fingerprint density at radius 1 is 1.19 bits per heavy atom. The van der Waals surface area contributed by atoms with Crippen LogP contribution in [0.5, 0.6) is 0 Å². The fourth-order valence-corrected chi connectivity index (χ4v) is 2.82. The smallest absolute Gasteiger partial charge is 0.411 e. The van der Waals surface area contributed by atoms with Crippen LogP contribution in [0, 0.1) is 3.57 Å². The summed E-state index contributed by atoms with van der Waals surface area (Å²) in [5.74, 6) is -0.782. The van der Waals surface area contributed by atoms with Gasteiger partial charge in [0.1, 0.15) is 12.1 Å². The van der Waals surface area contributed by atoms with Gasteiger partial charge in [0.15, 0.2) is 6.33 Å². The Bertz CT molecular complexity index is 795. The van der Waals surface area contributed by atoms with Crippen LogP contribution in [0.4, 0.5) is 4.79 Å². The van der Waals surface area contributed by atoms with E-state index in [-0.39, 0.29) is 6.54 Å². The molecule has 26 heavy (non-hydrogen) atoms. The van der Waals surface area contributed by atoms with E-state index in [2.05, 4.69) is 43.0 Å². The number of hydrogen-bond donors (Lipinski definition) is 1. The molecule has 10 heteroatoms. The van der Waals surface area contributed by atoms with Gasteiger partial charge in [-0.2, -0.15) is 0 Å². The number of halogens is 1. The first-order valence-electron chi connectivity index (χ1n) is 7.64. The second-order valence-electron chi connectivity index (χ2n) is 6.45. The third-order valence-electron chi connectivity index (χ3n) is 2.98. The highest BCUT2D eigenvalue weighted by Gasteiger charge is 2.24. The van der Waals surface area contributed by atoms with Crippen molar-refractivity contribution in [2.24, 2.45) is 0 Å². The Morgan fingerprint density at radius 3 is 2.42 bits per heavy atom. The molecule has 0 spiro atoms. The lowest BCUT2D eigenvalue weighted by atomic mass is 10.1. The van der Waals surface area contributed by atoms with Crippen molar-refractivity contribution in [2.45, 2.75) is 32.9 Å². The molecule has 0 aliphatic rings. The first-order valence-corrected chi connectivity index (χ1v) is 8.72. The molecule has 0 saturated heterocycles. The van der Waals surface area contributed by atoms with E-state index in [0.29, 0.717) is 17.0 Å². The summed E-state index contributed by atoms with van der Waals surface area (Å²) in [5.41, 5.74) is 0.665. The molecule has 1 aromatic carbocycles. The number of carbonyl (C=O) groups excluding carboxylic acids is 1. The van der Waals surface area contributed by atoms with Gasteiger partial charge in [0, 0.05) is 15.7 Å². The molecule has 0 aliphatic carbocycles. The molecule has 1 amide bonds. The quantitative estimate of drug-likeness (QED) is 0.661. The number of benzene rings is 1. The van der Waals surface area contributed by atoms with Crippen LogP contribution in [-0.4, -0.2) is 54.6 Å². The minimum absolute atomic E-state index is 0.0682. The predicted octanol–water partition coefficient (Wildman–Crippen LogP) is 2.36. The summed E-state index contributed by atoms with van der Waals surface area (Å²) in [7, 11) is 0. The van der Waals surface area contributed by atoms with Crippen molar-refractivity contribution in [3.8, 4) is 11.4 Å². The average Bonchev–Trinajstić information content (AvgIpc) is 2.52. The lowest BCUT2D eigenvalue weighted by Gasteiger charge is -2.26. The van der Waals surface area contributed by atoms with E-state index in [0.717, 1.165) is 8.47 Å². The molecular weight excluding hydrogens is 453 g/mol. The summed E-state index contributed by atoms with van der Waals surface area (Å²) in [6.07, 6.45) is 0.537. The van der Waals surface area contributed by atoms with Gasteiger partial charge in [0.25, 0.3) is 0 Å². The van der Waals surface area contributed by atoms with Gasteiger partial charge < -0.3 is 9.84 Å². The van der Waals surface area contributed by atoms with Crippen molar-refractivity contribution < 1.29 is 19.4 Å². The first kappa shape index (κ1) is 19.9. The number of aliphatic carboxylic acids is 1. The van der Waals surface area contributed by atoms with E-state index < -0.39 is 24.2 Å². The van der Waals surface area contributed by atoms with Crippen LogP contribution in [0.1, 0.15) is 26.3 Å². The maximum atomic E-state index is 12.3. The number of hydrogen-bond acceptors (Lipinski definition) is 7. The van der Waals surface area contributed by atoms with Crippen molar-refractivity contribution >= 4 is 34.7 Å². The van der Waals surface area contributed by atoms with E-state index in [1.807, 2.05) is 12.1 Å². The molecule has 1 aromatic heterocycles. The monoisotopic (exact) mass is 471 g/mol. The molecule has 0 bridgehead atoms. The number of ether oxygens (including phenoxy) is 1. The largest absolute Gasteiger partial charge is 0.480 e. The number of amides is 1.